The van der Waals surface area contributed by atoms with Gasteiger partial charge in [0, 0.05) is 25.2 Å². The van der Waals surface area contributed by atoms with E-state index in [1.165, 1.54) is 30.5 Å². The molecule has 1 saturated heterocycles. The van der Waals surface area contributed by atoms with E-state index in [9.17, 15) is 0 Å². The van der Waals surface area contributed by atoms with Crippen LogP contribution < -0.4 is 5.73 Å². The van der Waals surface area contributed by atoms with Crippen LogP contribution in [0.5, 0.6) is 0 Å². The van der Waals surface area contributed by atoms with Crippen LogP contribution in [0.2, 0.25) is 0 Å². The molecule has 0 amide bonds. The third-order valence-corrected chi connectivity index (χ3v) is 4.44. The predicted octanol–water partition coefficient (Wildman–Crippen LogP) is 1.85. The van der Waals surface area contributed by atoms with Gasteiger partial charge in [-0.3, -0.25) is 4.90 Å². The zero-order chi connectivity index (χ0) is 13.9. The molecule has 1 atom stereocenters. The Hall–Kier alpha value is -0.900. The van der Waals surface area contributed by atoms with Gasteiger partial charge >= 0.3 is 0 Å². The summed E-state index contributed by atoms with van der Waals surface area (Å²) in [5.74, 6) is 0. The molecule has 19 heavy (non-hydrogen) atoms. The first-order valence-electron chi connectivity index (χ1n) is 7.21. The van der Waals surface area contributed by atoms with Crippen LogP contribution in [0.25, 0.3) is 0 Å². The summed E-state index contributed by atoms with van der Waals surface area (Å²) in [7, 11) is 4.42. The van der Waals surface area contributed by atoms with E-state index in [0.717, 1.165) is 19.6 Å². The van der Waals surface area contributed by atoms with Gasteiger partial charge in [-0.25, -0.2) is 0 Å². The number of hydrogen-bond acceptors (Lipinski definition) is 3. The minimum Gasteiger partial charge on any atom is -0.329 e. The van der Waals surface area contributed by atoms with E-state index in [1.54, 1.807) is 0 Å². The minimum absolute atomic E-state index is 0.136. The number of benzene rings is 1. The summed E-state index contributed by atoms with van der Waals surface area (Å²) in [6.45, 7) is 6.13. The summed E-state index contributed by atoms with van der Waals surface area (Å²) in [5.41, 5.74) is 8.96. The average molecular weight is 261 g/mol. The van der Waals surface area contributed by atoms with Gasteiger partial charge in [-0.05, 0) is 46.0 Å². The van der Waals surface area contributed by atoms with Crippen LogP contribution in [-0.4, -0.2) is 49.1 Å². The fraction of sp³-hybridized carbons (Fsp3) is 0.625. The van der Waals surface area contributed by atoms with Crippen LogP contribution in [0.4, 0.5) is 0 Å². The molecule has 0 bridgehead atoms. The lowest BCUT2D eigenvalue weighted by molar-refractivity contribution is 0.0396. The fourth-order valence-electron chi connectivity index (χ4n) is 3.22. The largest absolute Gasteiger partial charge is 0.329 e. The van der Waals surface area contributed by atoms with Crippen LogP contribution in [0.3, 0.4) is 0 Å². The predicted molar refractivity (Wildman–Crippen MR) is 81.2 cm³/mol. The third kappa shape index (κ3) is 3.35. The number of hydrogen-bond donors (Lipinski definition) is 1. The van der Waals surface area contributed by atoms with Gasteiger partial charge in [0.25, 0.3) is 0 Å². The molecule has 3 nitrogen and oxygen atoms in total. The number of likely N-dealkylation sites (N-methyl/N-ethyl adjacent to an activating group) is 2. The summed E-state index contributed by atoms with van der Waals surface area (Å²) in [4.78, 5) is 4.86. The van der Waals surface area contributed by atoms with Crippen LogP contribution in [0, 0.1) is 6.92 Å². The number of piperidine rings is 1. The maximum atomic E-state index is 6.12. The number of likely N-dealkylation sites (tertiary alicyclic amines) is 1. The van der Waals surface area contributed by atoms with E-state index >= 15 is 0 Å². The standard InChI is InChI=1S/C16H27N3/c1-14-6-4-7-15(10-14)11-19(3)16(12-17)8-5-9-18(2)13-16/h4,6-7,10H,5,8-9,11-13,17H2,1-3H3. The Bertz CT molecular complexity index is 418. The first-order valence-corrected chi connectivity index (χ1v) is 7.21. The van der Waals surface area contributed by atoms with Gasteiger partial charge in [0.15, 0.2) is 0 Å². The van der Waals surface area contributed by atoms with Crippen LogP contribution in [-0.2, 0) is 6.54 Å². The Labute approximate surface area is 117 Å². The maximum Gasteiger partial charge on any atom is 0.0459 e. The van der Waals surface area contributed by atoms with Crippen molar-refractivity contribution in [2.45, 2.75) is 31.8 Å². The molecule has 1 aliphatic rings. The van der Waals surface area contributed by atoms with E-state index < -0.39 is 0 Å². The Morgan fingerprint density at radius 2 is 2.21 bits per heavy atom. The normalized spacial score (nSPS) is 24.9. The second kappa shape index (κ2) is 6.04. The summed E-state index contributed by atoms with van der Waals surface area (Å²) in [5, 5.41) is 0. The van der Waals surface area contributed by atoms with Gasteiger partial charge in [-0.15, -0.1) is 0 Å². The molecule has 1 unspecified atom stereocenters. The SMILES string of the molecule is Cc1cccc(CN(C)C2(CN)CCCN(C)C2)c1. The van der Waals surface area contributed by atoms with E-state index in [2.05, 4.69) is 55.1 Å². The molecule has 1 fully saturated rings. The molecule has 1 aromatic carbocycles. The highest BCUT2D eigenvalue weighted by Gasteiger charge is 2.36. The number of aryl methyl sites for hydroxylation is 1. The van der Waals surface area contributed by atoms with E-state index in [4.69, 9.17) is 5.73 Å². The van der Waals surface area contributed by atoms with Gasteiger partial charge in [0.2, 0.25) is 0 Å². The molecule has 2 N–H and O–H groups in total. The summed E-state index contributed by atoms with van der Waals surface area (Å²) in [6, 6.07) is 8.77. The lowest BCUT2D eigenvalue weighted by Gasteiger charge is -2.47. The van der Waals surface area contributed by atoms with Crippen LogP contribution in [0.1, 0.15) is 24.0 Å². The second-order valence-electron chi connectivity index (χ2n) is 6.11. The molecule has 0 spiro atoms. The Morgan fingerprint density at radius 1 is 1.42 bits per heavy atom. The number of nitrogens with two attached hydrogens (primary N) is 1. The quantitative estimate of drug-likeness (QED) is 0.898. The highest BCUT2D eigenvalue weighted by atomic mass is 15.3. The Kier molecular flexibility index (Phi) is 4.61. The number of nitrogens with zero attached hydrogens (tertiary/aromatic N) is 2. The van der Waals surface area contributed by atoms with Crippen molar-refractivity contribution < 1.29 is 0 Å². The smallest absolute Gasteiger partial charge is 0.0459 e. The van der Waals surface area contributed by atoms with Gasteiger partial charge < -0.3 is 10.6 Å². The summed E-state index contributed by atoms with van der Waals surface area (Å²) < 4.78 is 0. The minimum atomic E-state index is 0.136. The molecular formula is C16H27N3. The lowest BCUT2D eigenvalue weighted by Crippen LogP contribution is -2.60. The molecular weight excluding hydrogens is 234 g/mol. The lowest BCUT2D eigenvalue weighted by atomic mass is 9.87. The molecule has 1 aromatic rings. The van der Waals surface area contributed by atoms with Crippen molar-refractivity contribution >= 4 is 0 Å². The van der Waals surface area contributed by atoms with Crippen LogP contribution in [0.15, 0.2) is 24.3 Å². The molecule has 0 aromatic heterocycles. The van der Waals surface area contributed by atoms with Crippen LogP contribution >= 0.6 is 0 Å². The van der Waals surface area contributed by atoms with Gasteiger partial charge in [0.05, 0.1) is 0 Å². The van der Waals surface area contributed by atoms with Crippen molar-refractivity contribution in [3.8, 4) is 0 Å². The highest BCUT2D eigenvalue weighted by Crippen LogP contribution is 2.26. The van der Waals surface area contributed by atoms with E-state index in [0.29, 0.717) is 0 Å². The zero-order valence-corrected chi connectivity index (χ0v) is 12.5. The molecule has 0 radical (unpaired) electrons. The average Bonchev–Trinajstić information content (AvgIpc) is 2.38. The molecule has 1 aliphatic heterocycles. The number of rotatable bonds is 4. The summed E-state index contributed by atoms with van der Waals surface area (Å²) >= 11 is 0. The Balaban J connectivity index is 2.10. The molecule has 106 valence electrons. The second-order valence-corrected chi connectivity index (χ2v) is 6.11. The Morgan fingerprint density at radius 3 is 2.84 bits per heavy atom. The van der Waals surface area contributed by atoms with Gasteiger partial charge in [-0.2, -0.15) is 0 Å². The third-order valence-electron chi connectivity index (χ3n) is 4.44. The van der Waals surface area contributed by atoms with Gasteiger partial charge in [-0.1, -0.05) is 29.8 Å². The maximum absolute atomic E-state index is 6.12. The first kappa shape index (κ1) is 14.5. The van der Waals surface area contributed by atoms with Crippen molar-refractivity contribution in [3.63, 3.8) is 0 Å². The van der Waals surface area contributed by atoms with Gasteiger partial charge in [0.1, 0.15) is 0 Å². The topological polar surface area (TPSA) is 32.5 Å². The van der Waals surface area contributed by atoms with Crippen molar-refractivity contribution in [2.75, 3.05) is 33.7 Å². The van der Waals surface area contributed by atoms with E-state index in [1.807, 2.05) is 0 Å². The van der Waals surface area contributed by atoms with Crippen molar-refractivity contribution in [1.82, 2.24) is 9.80 Å². The van der Waals surface area contributed by atoms with Crippen molar-refractivity contribution in [2.24, 2.45) is 5.73 Å². The molecule has 1 heterocycles. The first-order chi connectivity index (χ1) is 9.05. The van der Waals surface area contributed by atoms with E-state index in [-0.39, 0.29) is 5.54 Å². The monoisotopic (exact) mass is 261 g/mol. The highest BCUT2D eigenvalue weighted by molar-refractivity contribution is 5.22. The molecule has 3 heteroatoms. The van der Waals surface area contributed by atoms with Crippen molar-refractivity contribution in [3.05, 3.63) is 35.4 Å². The molecule has 0 aliphatic carbocycles. The fourth-order valence-corrected chi connectivity index (χ4v) is 3.22. The molecule has 2 rings (SSSR count). The zero-order valence-electron chi connectivity index (χ0n) is 12.5. The molecule has 0 saturated carbocycles. The summed E-state index contributed by atoms with van der Waals surface area (Å²) in [6.07, 6.45) is 2.45. The van der Waals surface area contributed by atoms with Crippen molar-refractivity contribution in [1.29, 1.82) is 0 Å².